The SMILES string of the molecule is Fc1cc(C2=NO[C@H](CNc3ccon3)C2)ccc1N1CCOCC1. The molecule has 2 aliphatic rings. The predicted octanol–water partition coefficient (Wildman–Crippen LogP) is 2.26. The zero-order valence-electron chi connectivity index (χ0n) is 13.7. The molecular formula is C17H19FN4O3. The molecule has 0 saturated carbocycles. The molecule has 2 aromatic rings. The van der Waals surface area contributed by atoms with Gasteiger partial charge in [0.25, 0.3) is 0 Å². The van der Waals surface area contributed by atoms with Crippen LogP contribution in [0.3, 0.4) is 0 Å². The molecule has 1 atom stereocenters. The Balaban J connectivity index is 1.38. The summed E-state index contributed by atoms with van der Waals surface area (Å²) < 4.78 is 24.6. The summed E-state index contributed by atoms with van der Waals surface area (Å²) in [6.07, 6.45) is 1.99. The van der Waals surface area contributed by atoms with Crippen LogP contribution in [-0.2, 0) is 9.57 Å². The highest BCUT2D eigenvalue weighted by atomic mass is 19.1. The summed E-state index contributed by atoms with van der Waals surface area (Å²) in [5.74, 6) is 0.407. The summed E-state index contributed by atoms with van der Waals surface area (Å²) in [7, 11) is 0. The molecule has 0 aliphatic carbocycles. The van der Waals surface area contributed by atoms with Crippen molar-refractivity contribution in [2.75, 3.05) is 43.1 Å². The molecule has 1 saturated heterocycles. The number of morpholine rings is 1. The Kier molecular flexibility index (Phi) is 4.51. The van der Waals surface area contributed by atoms with Crippen molar-refractivity contribution in [3.63, 3.8) is 0 Å². The van der Waals surface area contributed by atoms with Crippen LogP contribution in [-0.4, -0.2) is 49.8 Å². The Morgan fingerprint density at radius 1 is 1.24 bits per heavy atom. The third kappa shape index (κ3) is 3.58. The van der Waals surface area contributed by atoms with E-state index in [1.165, 1.54) is 12.3 Å². The minimum Gasteiger partial charge on any atom is -0.390 e. The van der Waals surface area contributed by atoms with Crippen LogP contribution in [0, 0.1) is 5.82 Å². The number of hydrogen-bond acceptors (Lipinski definition) is 7. The van der Waals surface area contributed by atoms with Gasteiger partial charge in [-0.1, -0.05) is 16.4 Å². The second-order valence-electron chi connectivity index (χ2n) is 6.00. The topological polar surface area (TPSA) is 72.1 Å². The Labute approximate surface area is 144 Å². The third-order valence-electron chi connectivity index (χ3n) is 4.31. The van der Waals surface area contributed by atoms with Gasteiger partial charge in [0, 0.05) is 31.1 Å². The first kappa shape index (κ1) is 15.9. The fraction of sp³-hybridized carbons (Fsp3) is 0.412. The lowest BCUT2D eigenvalue weighted by Gasteiger charge is -2.29. The van der Waals surface area contributed by atoms with Gasteiger partial charge in [0.15, 0.2) is 5.82 Å². The molecule has 25 heavy (non-hydrogen) atoms. The highest BCUT2D eigenvalue weighted by molar-refractivity contribution is 6.01. The van der Waals surface area contributed by atoms with Gasteiger partial charge < -0.3 is 24.3 Å². The summed E-state index contributed by atoms with van der Waals surface area (Å²) in [4.78, 5) is 7.42. The molecule has 132 valence electrons. The maximum atomic E-state index is 14.5. The molecule has 0 radical (unpaired) electrons. The number of hydrogen-bond donors (Lipinski definition) is 1. The Morgan fingerprint density at radius 2 is 2.12 bits per heavy atom. The fourth-order valence-corrected chi connectivity index (χ4v) is 2.98. The van der Waals surface area contributed by atoms with E-state index in [0.717, 1.165) is 11.3 Å². The first-order valence-corrected chi connectivity index (χ1v) is 8.29. The summed E-state index contributed by atoms with van der Waals surface area (Å²) in [5.41, 5.74) is 2.11. The molecule has 8 heteroatoms. The Morgan fingerprint density at radius 3 is 2.88 bits per heavy atom. The largest absolute Gasteiger partial charge is 0.390 e. The van der Waals surface area contributed by atoms with Crippen LogP contribution in [0.1, 0.15) is 12.0 Å². The Bertz CT molecular complexity index is 744. The van der Waals surface area contributed by atoms with Crippen molar-refractivity contribution < 1.29 is 18.5 Å². The van der Waals surface area contributed by atoms with E-state index in [1.54, 1.807) is 12.1 Å². The molecule has 7 nitrogen and oxygen atoms in total. The number of anilines is 2. The van der Waals surface area contributed by atoms with Crippen LogP contribution in [0.15, 0.2) is 40.2 Å². The zero-order chi connectivity index (χ0) is 17.1. The van der Waals surface area contributed by atoms with Crippen molar-refractivity contribution >= 4 is 17.2 Å². The molecule has 0 spiro atoms. The number of oxime groups is 1. The number of nitrogens with one attached hydrogen (secondary N) is 1. The van der Waals surface area contributed by atoms with Crippen LogP contribution >= 0.6 is 0 Å². The van der Waals surface area contributed by atoms with Gasteiger partial charge in [0.2, 0.25) is 0 Å². The quantitative estimate of drug-likeness (QED) is 0.895. The summed E-state index contributed by atoms with van der Waals surface area (Å²) >= 11 is 0. The van der Waals surface area contributed by atoms with Gasteiger partial charge in [-0.05, 0) is 12.1 Å². The van der Waals surface area contributed by atoms with Crippen LogP contribution in [0.4, 0.5) is 15.9 Å². The van der Waals surface area contributed by atoms with Crippen LogP contribution in [0.25, 0.3) is 0 Å². The molecule has 0 bridgehead atoms. The molecule has 3 heterocycles. The number of nitrogens with zero attached hydrogens (tertiary/aromatic N) is 3. The maximum absolute atomic E-state index is 14.5. The van der Waals surface area contributed by atoms with Gasteiger partial charge in [0.1, 0.15) is 18.2 Å². The monoisotopic (exact) mass is 346 g/mol. The van der Waals surface area contributed by atoms with Crippen molar-refractivity contribution in [3.8, 4) is 0 Å². The van der Waals surface area contributed by atoms with E-state index in [4.69, 9.17) is 14.1 Å². The van der Waals surface area contributed by atoms with Gasteiger partial charge >= 0.3 is 0 Å². The number of halogens is 1. The smallest absolute Gasteiger partial charge is 0.169 e. The van der Waals surface area contributed by atoms with E-state index in [2.05, 4.69) is 15.6 Å². The first-order valence-electron chi connectivity index (χ1n) is 8.29. The minimum absolute atomic E-state index is 0.117. The number of aromatic nitrogens is 1. The van der Waals surface area contributed by atoms with Crippen molar-refractivity contribution in [2.45, 2.75) is 12.5 Å². The van der Waals surface area contributed by atoms with Crippen molar-refractivity contribution in [1.29, 1.82) is 0 Å². The zero-order valence-corrected chi connectivity index (χ0v) is 13.7. The van der Waals surface area contributed by atoms with Crippen molar-refractivity contribution in [1.82, 2.24) is 5.16 Å². The lowest BCUT2D eigenvalue weighted by Crippen LogP contribution is -2.36. The van der Waals surface area contributed by atoms with Crippen molar-refractivity contribution in [2.24, 2.45) is 5.16 Å². The van der Waals surface area contributed by atoms with E-state index < -0.39 is 0 Å². The van der Waals surface area contributed by atoms with E-state index in [0.29, 0.717) is 50.8 Å². The average molecular weight is 346 g/mol. The van der Waals surface area contributed by atoms with Gasteiger partial charge in [-0.3, -0.25) is 0 Å². The third-order valence-corrected chi connectivity index (χ3v) is 4.31. The number of rotatable bonds is 5. The molecule has 1 fully saturated rings. The molecule has 1 N–H and O–H groups in total. The average Bonchev–Trinajstić information content (AvgIpc) is 3.32. The fourth-order valence-electron chi connectivity index (χ4n) is 2.98. The highest BCUT2D eigenvalue weighted by Gasteiger charge is 2.24. The molecule has 0 amide bonds. The van der Waals surface area contributed by atoms with Crippen molar-refractivity contribution in [3.05, 3.63) is 41.9 Å². The highest BCUT2D eigenvalue weighted by Crippen LogP contribution is 2.24. The Hall–Kier alpha value is -2.61. The molecule has 4 rings (SSSR count). The second kappa shape index (κ2) is 7.10. The normalized spacial score (nSPS) is 20.3. The molecule has 1 aromatic carbocycles. The summed E-state index contributed by atoms with van der Waals surface area (Å²) in [6, 6.07) is 6.96. The van der Waals surface area contributed by atoms with Crippen LogP contribution < -0.4 is 10.2 Å². The van der Waals surface area contributed by atoms with Gasteiger partial charge in [-0.25, -0.2) is 4.39 Å². The molecule has 2 aliphatic heterocycles. The molecule has 1 aromatic heterocycles. The second-order valence-corrected chi connectivity index (χ2v) is 6.00. The summed E-state index contributed by atoms with van der Waals surface area (Å²) in [5, 5.41) is 11.0. The predicted molar refractivity (Wildman–Crippen MR) is 90.5 cm³/mol. The lowest BCUT2D eigenvalue weighted by atomic mass is 10.0. The maximum Gasteiger partial charge on any atom is 0.169 e. The molecule has 0 unspecified atom stereocenters. The van der Waals surface area contributed by atoms with E-state index in [9.17, 15) is 4.39 Å². The van der Waals surface area contributed by atoms with Gasteiger partial charge in [-0.15, -0.1) is 0 Å². The number of ether oxygens (including phenoxy) is 1. The van der Waals surface area contributed by atoms with E-state index >= 15 is 0 Å². The molecular weight excluding hydrogens is 327 g/mol. The van der Waals surface area contributed by atoms with Gasteiger partial charge in [0.05, 0.1) is 31.2 Å². The van der Waals surface area contributed by atoms with E-state index in [1.807, 2.05) is 11.0 Å². The minimum atomic E-state index is -0.244. The van der Waals surface area contributed by atoms with Gasteiger partial charge in [-0.2, -0.15) is 0 Å². The number of benzene rings is 1. The van der Waals surface area contributed by atoms with Crippen LogP contribution in [0.5, 0.6) is 0 Å². The standard InChI is InChI=1S/C17H19FN4O3/c18-14-9-12(1-2-16(14)22-4-7-23-8-5-22)15-10-13(25-20-15)11-19-17-3-6-24-21-17/h1-3,6,9,13H,4-5,7-8,10-11H2,(H,19,21)/t13-/m0/s1. The van der Waals surface area contributed by atoms with Crippen LogP contribution in [0.2, 0.25) is 0 Å². The summed E-state index contributed by atoms with van der Waals surface area (Å²) in [6.45, 7) is 3.21. The lowest BCUT2D eigenvalue weighted by molar-refractivity contribution is 0.0948. The first-order chi connectivity index (χ1) is 12.3. The van der Waals surface area contributed by atoms with E-state index in [-0.39, 0.29) is 11.9 Å².